The summed E-state index contributed by atoms with van der Waals surface area (Å²) in [5.74, 6) is 1.17. The second-order valence-corrected chi connectivity index (χ2v) is 15.5. The maximum absolute atomic E-state index is 13.6. The van der Waals surface area contributed by atoms with Crippen LogP contribution in [0.5, 0.6) is 0 Å². The molecule has 0 aromatic rings. The summed E-state index contributed by atoms with van der Waals surface area (Å²) in [6.45, 7) is 10.8. The van der Waals surface area contributed by atoms with Crippen LogP contribution in [0.1, 0.15) is 58.8 Å². The molecule has 6 atom stereocenters. The summed E-state index contributed by atoms with van der Waals surface area (Å²) in [5, 5.41) is 10.2. The van der Waals surface area contributed by atoms with E-state index in [9.17, 15) is 14.9 Å². The Kier molecular flexibility index (Phi) is 4.38. The zero-order chi connectivity index (χ0) is 20.5. The first-order chi connectivity index (χ1) is 13.0. The largest absolute Gasteiger partial charge is 0.399 e. The Morgan fingerprint density at radius 1 is 1.14 bits per heavy atom. The number of hydrogen-bond acceptors (Lipinski definition) is 4. The topological polar surface area (TPSA) is 67.2 Å². The lowest BCUT2D eigenvalue weighted by atomic mass is 9.46. The zero-order valence-electron chi connectivity index (χ0n) is 17.9. The van der Waals surface area contributed by atoms with Crippen LogP contribution in [0.15, 0.2) is 11.6 Å². The van der Waals surface area contributed by atoms with Crippen LogP contribution in [0.2, 0.25) is 19.6 Å². The second kappa shape index (κ2) is 6.12. The van der Waals surface area contributed by atoms with Crippen molar-refractivity contribution in [3.05, 3.63) is 11.6 Å². The van der Waals surface area contributed by atoms with Gasteiger partial charge in [0.1, 0.15) is 11.4 Å². The van der Waals surface area contributed by atoms with Gasteiger partial charge in [0.25, 0.3) is 0 Å². The Balaban J connectivity index is 1.74. The van der Waals surface area contributed by atoms with E-state index in [1.807, 2.05) is 6.08 Å². The Morgan fingerprint density at radius 2 is 1.86 bits per heavy atom. The highest BCUT2D eigenvalue weighted by molar-refractivity contribution is 6.69. The highest BCUT2D eigenvalue weighted by Gasteiger charge is 2.68. The van der Waals surface area contributed by atoms with E-state index in [0.717, 1.165) is 32.1 Å². The van der Waals surface area contributed by atoms with Crippen LogP contribution in [-0.4, -0.2) is 25.5 Å². The lowest BCUT2D eigenvalue weighted by Crippen LogP contribution is -2.60. The summed E-state index contributed by atoms with van der Waals surface area (Å²) >= 11 is 0. The number of carbonyl (C=O) groups excluding carboxylic acids is 2. The minimum atomic E-state index is -1.94. The quantitative estimate of drug-likeness (QED) is 0.625. The van der Waals surface area contributed by atoms with Gasteiger partial charge in [0.2, 0.25) is 0 Å². The van der Waals surface area contributed by atoms with Crippen LogP contribution in [-0.2, 0) is 14.0 Å². The van der Waals surface area contributed by atoms with Crippen molar-refractivity contribution in [3.8, 4) is 6.07 Å². The van der Waals surface area contributed by atoms with Crippen LogP contribution in [0.3, 0.4) is 0 Å². The molecule has 0 spiro atoms. The molecule has 3 saturated carbocycles. The number of hydrogen-bond donors (Lipinski definition) is 0. The highest BCUT2D eigenvalue weighted by Crippen LogP contribution is 2.67. The van der Waals surface area contributed by atoms with Gasteiger partial charge < -0.3 is 4.43 Å². The van der Waals surface area contributed by atoms with E-state index in [1.54, 1.807) is 0 Å². The summed E-state index contributed by atoms with van der Waals surface area (Å²) in [4.78, 5) is 25.6. The normalized spacial score (nSPS) is 45.6. The number of carbonyl (C=O) groups is 2. The third kappa shape index (κ3) is 2.64. The average Bonchev–Trinajstić information content (AvgIpc) is 2.86. The molecule has 0 aliphatic heterocycles. The molecule has 5 heteroatoms. The molecule has 0 heterocycles. The second-order valence-electron chi connectivity index (χ2n) is 11.1. The van der Waals surface area contributed by atoms with E-state index in [2.05, 4.69) is 39.6 Å². The van der Waals surface area contributed by atoms with Crippen molar-refractivity contribution < 1.29 is 14.0 Å². The minimum Gasteiger partial charge on any atom is -0.399 e. The van der Waals surface area contributed by atoms with Crippen molar-refractivity contribution in [2.24, 2.45) is 28.6 Å². The molecule has 4 rings (SSSR count). The standard InChI is InChI=1S/C23H33NO3Si/c1-21-10-8-16(25)12-15(21)6-7-17-18-9-11-23(14-24,27-28(3,4)5)22(18,2)13-19(26)20(17)21/h12,17-18,20H,6-11,13H2,1-5H3/t17-,18+,20+,21+,22+,23+/m1/s1. The highest BCUT2D eigenvalue weighted by atomic mass is 28.4. The molecule has 0 radical (unpaired) electrons. The van der Waals surface area contributed by atoms with Crippen LogP contribution in [0, 0.1) is 39.9 Å². The summed E-state index contributed by atoms with van der Waals surface area (Å²) in [5.41, 5.74) is -0.206. The Morgan fingerprint density at radius 3 is 2.50 bits per heavy atom. The van der Waals surface area contributed by atoms with Crippen LogP contribution in [0.4, 0.5) is 0 Å². The first-order valence-electron chi connectivity index (χ1n) is 10.8. The maximum Gasteiger partial charge on any atom is 0.185 e. The molecule has 4 nitrogen and oxygen atoms in total. The fraction of sp³-hybridized carbons (Fsp3) is 0.783. The Labute approximate surface area is 169 Å². The van der Waals surface area contributed by atoms with Gasteiger partial charge in [-0.15, -0.1) is 0 Å². The zero-order valence-corrected chi connectivity index (χ0v) is 18.9. The number of Topliss-reactive ketones (excluding diaryl/α,β-unsaturated/α-hetero) is 1. The van der Waals surface area contributed by atoms with Gasteiger partial charge in [0, 0.05) is 24.2 Å². The molecule has 0 aromatic carbocycles. The molecule has 4 aliphatic rings. The SMILES string of the molecule is C[C@]12CCC(=O)C=C1CC[C@H]1[C@H]2C(=O)C[C@@]2(C)[C@H]1CC[C@@]2(C#N)O[Si](C)(C)C. The Hall–Kier alpha value is -1.25. The van der Waals surface area contributed by atoms with E-state index >= 15 is 0 Å². The van der Waals surface area contributed by atoms with Crippen LogP contribution >= 0.6 is 0 Å². The minimum absolute atomic E-state index is 0.0000458. The summed E-state index contributed by atoms with van der Waals surface area (Å²) < 4.78 is 6.55. The molecule has 3 fully saturated rings. The van der Waals surface area contributed by atoms with Crippen LogP contribution in [0.25, 0.3) is 0 Å². The van der Waals surface area contributed by atoms with Gasteiger partial charge in [-0.1, -0.05) is 19.4 Å². The predicted octanol–water partition coefficient (Wildman–Crippen LogP) is 4.81. The fourth-order valence-corrected chi connectivity index (χ4v) is 8.69. The summed E-state index contributed by atoms with van der Waals surface area (Å²) in [7, 11) is -1.94. The molecule has 0 amide bonds. The molecule has 152 valence electrons. The molecule has 0 unspecified atom stereocenters. The molecule has 0 aromatic heterocycles. The third-order valence-corrected chi connectivity index (χ3v) is 9.40. The molecule has 4 aliphatic carbocycles. The van der Waals surface area contributed by atoms with E-state index in [-0.39, 0.29) is 17.1 Å². The number of nitrogens with zero attached hydrogens (tertiary/aromatic N) is 1. The number of nitriles is 1. The van der Waals surface area contributed by atoms with Crippen molar-refractivity contribution in [1.82, 2.24) is 0 Å². The third-order valence-electron chi connectivity index (χ3n) is 8.44. The van der Waals surface area contributed by atoms with E-state index in [0.29, 0.717) is 30.5 Å². The number of rotatable bonds is 2. The van der Waals surface area contributed by atoms with Gasteiger partial charge in [-0.05, 0) is 75.1 Å². The van der Waals surface area contributed by atoms with Crippen molar-refractivity contribution in [2.75, 3.05) is 0 Å². The monoisotopic (exact) mass is 399 g/mol. The average molecular weight is 400 g/mol. The van der Waals surface area contributed by atoms with Gasteiger partial charge in [-0.25, -0.2) is 0 Å². The van der Waals surface area contributed by atoms with E-state index < -0.39 is 19.3 Å². The van der Waals surface area contributed by atoms with Crippen molar-refractivity contribution >= 4 is 19.9 Å². The lowest BCUT2D eigenvalue weighted by molar-refractivity contribution is -0.152. The predicted molar refractivity (Wildman–Crippen MR) is 110 cm³/mol. The molecular weight excluding hydrogens is 366 g/mol. The van der Waals surface area contributed by atoms with Crippen LogP contribution < -0.4 is 0 Å². The van der Waals surface area contributed by atoms with E-state index in [1.165, 1.54) is 5.57 Å². The van der Waals surface area contributed by atoms with Crippen molar-refractivity contribution in [1.29, 1.82) is 5.26 Å². The van der Waals surface area contributed by atoms with Gasteiger partial charge in [0.15, 0.2) is 14.1 Å². The van der Waals surface area contributed by atoms with Crippen molar-refractivity contribution in [2.45, 2.75) is 84.0 Å². The molecule has 28 heavy (non-hydrogen) atoms. The lowest BCUT2D eigenvalue weighted by Gasteiger charge is -2.58. The van der Waals surface area contributed by atoms with Gasteiger partial charge >= 0.3 is 0 Å². The maximum atomic E-state index is 13.6. The summed E-state index contributed by atoms with van der Waals surface area (Å²) in [6, 6.07) is 2.57. The molecule has 0 saturated heterocycles. The van der Waals surface area contributed by atoms with Gasteiger partial charge in [0.05, 0.1) is 6.07 Å². The number of ketones is 2. The number of fused-ring (bicyclic) bond motifs is 5. The van der Waals surface area contributed by atoms with Gasteiger partial charge in [-0.2, -0.15) is 5.26 Å². The molecular formula is C23H33NO3Si. The first-order valence-corrected chi connectivity index (χ1v) is 14.2. The smallest absolute Gasteiger partial charge is 0.185 e. The fourth-order valence-electron chi connectivity index (χ4n) is 7.27. The molecule has 0 N–H and O–H groups in total. The van der Waals surface area contributed by atoms with Crippen molar-refractivity contribution in [3.63, 3.8) is 0 Å². The van der Waals surface area contributed by atoms with Gasteiger partial charge in [-0.3, -0.25) is 9.59 Å². The Bertz CT molecular complexity index is 806. The first kappa shape index (κ1) is 20.0. The van der Waals surface area contributed by atoms with E-state index in [4.69, 9.17) is 4.43 Å². The molecule has 0 bridgehead atoms. The number of allylic oxidation sites excluding steroid dienone is 1. The summed E-state index contributed by atoms with van der Waals surface area (Å²) in [6.07, 6.45) is 7.21.